The van der Waals surface area contributed by atoms with Crippen LogP contribution in [0.5, 0.6) is 0 Å². The highest BCUT2D eigenvalue weighted by molar-refractivity contribution is 6.02. The zero-order valence-corrected chi connectivity index (χ0v) is 16.0. The van der Waals surface area contributed by atoms with E-state index >= 15 is 0 Å². The first-order chi connectivity index (χ1) is 14.7. The van der Waals surface area contributed by atoms with Gasteiger partial charge in [-0.1, -0.05) is 0 Å². The molecule has 2 aromatic rings. The fourth-order valence-electron chi connectivity index (χ4n) is 3.85. The summed E-state index contributed by atoms with van der Waals surface area (Å²) >= 11 is 0. The maximum Gasteiger partial charge on any atom is 0.417 e. The lowest BCUT2D eigenvalue weighted by Crippen LogP contribution is -2.35. The summed E-state index contributed by atoms with van der Waals surface area (Å²) in [6.45, 7) is 0.357. The van der Waals surface area contributed by atoms with Gasteiger partial charge in [-0.15, -0.1) is 0 Å². The first kappa shape index (κ1) is 20.6. The van der Waals surface area contributed by atoms with Crippen molar-refractivity contribution in [3.8, 4) is 6.07 Å². The lowest BCUT2D eigenvalue weighted by Gasteiger charge is -2.21. The number of hydrogen-bond donors (Lipinski definition) is 2. The monoisotopic (exact) mass is 431 g/mol. The van der Waals surface area contributed by atoms with Gasteiger partial charge in [-0.25, -0.2) is 14.8 Å². The number of pyridine rings is 2. The number of nitrogens with zero attached hydrogens (tertiary/aromatic N) is 4. The van der Waals surface area contributed by atoms with Crippen molar-refractivity contribution in [3.05, 3.63) is 41.7 Å². The minimum Gasteiger partial charge on any atom is -0.478 e. The zero-order valence-electron chi connectivity index (χ0n) is 16.0. The molecule has 8 nitrogen and oxygen atoms in total. The van der Waals surface area contributed by atoms with Crippen molar-refractivity contribution in [2.75, 3.05) is 16.8 Å². The molecule has 2 aromatic heterocycles. The second-order valence-corrected chi connectivity index (χ2v) is 7.51. The number of carbonyl (C=O) groups excluding carboxylic acids is 1. The van der Waals surface area contributed by atoms with Gasteiger partial charge in [0, 0.05) is 30.7 Å². The Morgan fingerprint density at radius 1 is 1.29 bits per heavy atom. The number of nitrogens with one attached hydrogen (secondary N) is 1. The van der Waals surface area contributed by atoms with Crippen LogP contribution in [-0.4, -0.2) is 33.5 Å². The van der Waals surface area contributed by atoms with E-state index in [4.69, 9.17) is 5.11 Å². The Labute approximate surface area is 174 Å². The summed E-state index contributed by atoms with van der Waals surface area (Å²) in [6, 6.07) is 5.83. The van der Waals surface area contributed by atoms with E-state index < -0.39 is 28.7 Å². The molecule has 1 saturated carbocycles. The summed E-state index contributed by atoms with van der Waals surface area (Å²) in [4.78, 5) is 33.2. The fraction of sp³-hybridized carbons (Fsp3) is 0.350. The number of halogens is 3. The molecule has 2 N–H and O–H groups in total. The highest BCUT2D eigenvalue weighted by Crippen LogP contribution is 2.52. The fourth-order valence-corrected chi connectivity index (χ4v) is 3.85. The number of carbonyl (C=O) groups is 2. The predicted molar refractivity (Wildman–Crippen MR) is 101 cm³/mol. The normalized spacial score (nSPS) is 21.1. The number of alkyl halides is 3. The third-order valence-corrected chi connectivity index (χ3v) is 5.58. The average Bonchev–Trinajstić information content (AvgIpc) is 3.51. The molecule has 1 saturated heterocycles. The lowest BCUT2D eigenvalue weighted by atomic mass is 9.83. The van der Waals surface area contributed by atoms with Crippen LogP contribution >= 0.6 is 0 Å². The smallest absolute Gasteiger partial charge is 0.417 e. The molecule has 1 aliphatic carbocycles. The molecule has 160 valence electrons. The summed E-state index contributed by atoms with van der Waals surface area (Å²) in [5.41, 5.74) is -2.87. The Hall–Kier alpha value is -3.68. The molecule has 1 amide bonds. The molecule has 0 radical (unpaired) electrons. The Balaban J connectivity index is 1.60. The third kappa shape index (κ3) is 3.65. The van der Waals surface area contributed by atoms with E-state index in [1.165, 1.54) is 17.2 Å². The molecule has 0 aromatic carbocycles. The van der Waals surface area contributed by atoms with Crippen molar-refractivity contribution in [2.24, 2.45) is 11.3 Å². The van der Waals surface area contributed by atoms with Crippen LogP contribution in [0, 0.1) is 22.7 Å². The number of amides is 1. The van der Waals surface area contributed by atoms with Crippen LogP contribution in [-0.2, 0) is 11.0 Å². The zero-order chi connectivity index (χ0) is 22.4. The minimum absolute atomic E-state index is 0.0622. The Morgan fingerprint density at radius 2 is 2.00 bits per heavy atom. The molecule has 0 unspecified atom stereocenters. The number of aromatic carboxylic acids is 1. The quantitative estimate of drug-likeness (QED) is 0.742. The van der Waals surface area contributed by atoms with Crippen molar-refractivity contribution in [1.82, 2.24) is 9.97 Å². The van der Waals surface area contributed by atoms with Gasteiger partial charge in [-0.05, 0) is 37.3 Å². The van der Waals surface area contributed by atoms with Gasteiger partial charge in [0.05, 0.1) is 17.2 Å². The van der Waals surface area contributed by atoms with Crippen molar-refractivity contribution in [3.63, 3.8) is 0 Å². The van der Waals surface area contributed by atoms with Gasteiger partial charge >= 0.3 is 12.1 Å². The molecule has 3 heterocycles. The van der Waals surface area contributed by atoms with Crippen molar-refractivity contribution >= 4 is 29.2 Å². The lowest BCUT2D eigenvalue weighted by molar-refractivity contribution is -0.138. The molecule has 11 heteroatoms. The van der Waals surface area contributed by atoms with Crippen LogP contribution in [0.1, 0.15) is 35.2 Å². The van der Waals surface area contributed by atoms with Gasteiger partial charge < -0.3 is 15.3 Å². The first-order valence-electron chi connectivity index (χ1n) is 9.42. The Kier molecular flexibility index (Phi) is 4.80. The molecule has 2 fully saturated rings. The van der Waals surface area contributed by atoms with Gasteiger partial charge in [0.1, 0.15) is 17.1 Å². The van der Waals surface area contributed by atoms with Crippen LogP contribution in [0.3, 0.4) is 0 Å². The van der Waals surface area contributed by atoms with E-state index in [9.17, 15) is 28.0 Å². The maximum atomic E-state index is 13.2. The van der Waals surface area contributed by atoms with Crippen LogP contribution in [0.25, 0.3) is 0 Å². The molecule has 4 rings (SSSR count). The predicted octanol–water partition coefficient (Wildman–Crippen LogP) is 3.59. The van der Waals surface area contributed by atoms with Crippen LogP contribution in [0.4, 0.5) is 30.5 Å². The van der Waals surface area contributed by atoms with Crippen molar-refractivity contribution < 1.29 is 27.9 Å². The number of anilines is 3. The number of hydrogen-bond acceptors (Lipinski definition) is 6. The van der Waals surface area contributed by atoms with E-state index in [2.05, 4.69) is 21.4 Å². The summed E-state index contributed by atoms with van der Waals surface area (Å²) < 4.78 is 39.6. The SMILES string of the molecule is N#C[C@@]1(C2CC2)CCN(c2ccnc(Nc3cc(C(F)(F)F)c(C(=O)O)cn3)c2)C1=O. The highest BCUT2D eigenvalue weighted by Gasteiger charge is 2.56. The molecule has 0 bridgehead atoms. The third-order valence-electron chi connectivity index (χ3n) is 5.58. The van der Waals surface area contributed by atoms with Crippen molar-refractivity contribution in [1.29, 1.82) is 5.26 Å². The summed E-state index contributed by atoms with van der Waals surface area (Å²) in [7, 11) is 0. The standard InChI is InChI=1S/C20H16F3N5O3/c21-20(22,23)14-8-16(26-9-13(14)17(29)30)27-15-7-12(3-5-25-15)28-6-4-19(10-24,18(28)31)11-1-2-11/h3,5,7-9,11H,1-2,4,6H2,(H,29,30)(H,25,26,27)/t19-/m1/s1. The largest absolute Gasteiger partial charge is 0.478 e. The molecule has 1 atom stereocenters. The number of carboxylic acid groups (broad SMARTS) is 1. The number of rotatable bonds is 5. The molecular weight excluding hydrogens is 415 g/mol. The molecule has 31 heavy (non-hydrogen) atoms. The van der Waals surface area contributed by atoms with Crippen LogP contribution in [0.2, 0.25) is 0 Å². The molecule has 1 aliphatic heterocycles. The number of aromatic nitrogens is 2. The average molecular weight is 431 g/mol. The summed E-state index contributed by atoms with van der Waals surface area (Å²) in [5.74, 6) is -2.09. The van der Waals surface area contributed by atoms with Gasteiger partial charge in [-0.2, -0.15) is 18.4 Å². The van der Waals surface area contributed by atoms with Gasteiger partial charge in [0.25, 0.3) is 0 Å². The van der Waals surface area contributed by atoms with Crippen molar-refractivity contribution in [2.45, 2.75) is 25.4 Å². The van der Waals surface area contributed by atoms with E-state index in [-0.39, 0.29) is 23.5 Å². The topological polar surface area (TPSA) is 119 Å². The van der Waals surface area contributed by atoms with Crippen LogP contribution < -0.4 is 10.2 Å². The van der Waals surface area contributed by atoms with E-state index in [0.717, 1.165) is 12.8 Å². The molecule has 0 spiro atoms. The molecule has 2 aliphatic rings. The second kappa shape index (κ2) is 7.23. The Bertz CT molecular complexity index is 1110. The van der Waals surface area contributed by atoms with Gasteiger partial charge in [0.15, 0.2) is 0 Å². The maximum absolute atomic E-state index is 13.2. The van der Waals surface area contributed by atoms with E-state index in [1.54, 1.807) is 6.07 Å². The highest BCUT2D eigenvalue weighted by atomic mass is 19.4. The summed E-state index contributed by atoms with van der Waals surface area (Å²) in [6.07, 6.45) is -0.770. The van der Waals surface area contributed by atoms with Crippen LogP contribution in [0.15, 0.2) is 30.6 Å². The van der Waals surface area contributed by atoms with Gasteiger partial charge in [0.2, 0.25) is 5.91 Å². The molecular formula is C20H16F3N5O3. The first-order valence-corrected chi connectivity index (χ1v) is 9.42. The second-order valence-electron chi connectivity index (χ2n) is 7.51. The van der Waals surface area contributed by atoms with E-state index in [1.807, 2.05) is 0 Å². The van der Waals surface area contributed by atoms with Gasteiger partial charge in [-0.3, -0.25) is 4.79 Å². The summed E-state index contributed by atoms with van der Waals surface area (Å²) in [5, 5.41) is 21.2. The number of nitriles is 1. The van der Waals surface area contributed by atoms with E-state index in [0.29, 0.717) is 30.9 Å². The minimum atomic E-state index is -4.88. The number of carboxylic acids is 1. The Morgan fingerprint density at radius 3 is 2.61 bits per heavy atom.